The highest BCUT2D eigenvalue weighted by molar-refractivity contribution is 7.09. The Hall–Kier alpha value is -0.620. The number of thiazole rings is 1. The summed E-state index contributed by atoms with van der Waals surface area (Å²) in [7, 11) is 1.54. The molecule has 0 radical (unpaired) electrons. The predicted molar refractivity (Wildman–Crippen MR) is 49.3 cm³/mol. The molecule has 2 nitrogen and oxygen atoms in total. The summed E-state index contributed by atoms with van der Waals surface area (Å²) in [5, 5.41) is 2.66. The van der Waals surface area contributed by atoms with Crippen LogP contribution in [-0.2, 0) is 6.42 Å². The minimum Gasteiger partial charge on any atom is -0.316 e. The molecule has 1 unspecified atom stereocenters. The predicted octanol–water partition coefficient (Wildman–Crippen LogP) is 2.23. The fourth-order valence-corrected chi connectivity index (χ4v) is 1.82. The highest BCUT2D eigenvalue weighted by Crippen LogP contribution is 2.23. The second kappa shape index (κ2) is 4.75. The molecule has 0 fully saturated rings. The van der Waals surface area contributed by atoms with E-state index in [1.54, 1.807) is 11.7 Å². The van der Waals surface area contributed by atoms with Crippen LogP contribution < -0.4 is 5.32 Å². The van der Waals surface area contributed by atoms with Crippen molar-refractivity contribution in [1.82, 2.24) is 10.3 Å². The van der Waals surface area contributed by atoms with Gasteiger partial charge >= 0.3 is 6.18 Å². The van der Waals surface area contributed by atoms with Gasteiger partial charge in [0.05, 0.1) is 11.9 Å². The number of nitrogens with zero attached hydrogens (tertiary/aromatic N) is 1. The van der Waals surface area contributed by atoms with Crippen molar-refractivity contribution in [2.24, 2.45) is 0 Å². The second-order valence-electron chi connectivity index (χ2n) is 2.98. The molecule has 0 saturated carbocycles. The molecule has 1 rings (SSSR count). The molecule has 0 bridgehead atoms. The van der Waals surface area contributed by atoms with Gasteiger partial charge in [0, 0.05) is 17.1 Å². The van der Waals surface area contributed by atoms with Gasteiger partial charge in [-0.25, -0.2) is 0 Å². The molecule has 0 amide bonds. The van der Waals surface area contributed by atoms with Crippen LogP contribution in [0.25, 0.3) is 0 Å². The summed E-state index contributed by atoms with van der Waals surface area (Å²) in [4.78, 5) is 4.68. The zero-order valence-electron chi connectivity index (χ0n) is 7.64. The highest BCUT2D eigenvalue weighted by Gasteiger charge is 2.31. The molecular formula is C8H11F3N2S. The molecule has 1 N–H and O–H groups in total. The molecule has 1 atom stereocenters. The van der Waals surface area contributed by atoms with E-state index in [1.165, 1.54) is 18.4 Å². The first-order valence-corrected chi connectivity index (χ1v) is 5.00. The molecule has 0 aliphatic carbocycles. The summed E-state index contributed by atoms with van der Waals surface area (Å²) >= 11 is 1.37. The lowest BCUT2D eigenvalue weighted by Crippen LogP contribution is -2.32. The minimum atomic E-state index is -4.11. The molecule has 0 spiro atoms. The van der Waals surface area contributed by atoms with Crippen LogP contribution >= 0.6 is 11.3 Å². The fraction of sp³-hybridized carbons (Fsp3) is 0.625. The van der Waals surface area contributed by atoms with E-state index in [2.05, 4.69) is 10.3 Å². The Labute approximate surface area is 84.2 Å². The number of nitrogens with one attached hydrogen (secondary N) is 1. The topological polar surface area (TPSA) is 24.9 Å². The van der Waals surface area contributed by atoms with Crippen LogP contribution in [0, 0.1) is 0 Å². The molecule has 0 aliphatic heterocycles. The molecule has 0 aromatic carbocycles. The van der Waals surface area contributed by atoms with Crippen molar-refractivity contribution in [3.63, 3.8) is 0 Å². The van der Waals surface area contributed by atoms with E-state index in [1.807, 2.05) is 0 Å². The third kappa shape index (κ3) is 4.06. The normalized spacial score (nSPS) is 14.3. The van der Waals surface area contributed by atoms with E-state index < -0.39 is 18.6 Å². The van der Waals surface area contributed by atoms with E-state index in [9.17, 15) is 13.2 Å². The van der Waals surface area contributed by atoms with Crippen molar-refractivity contribution >= 4 is 11.3 Å². The smallest absolute Gasteiger partial charge is 0.316 e. The average molecular weight is 224 g/mol. The Morgan fingerprint density at radius 2 is 2.29 bits per heavy atom. The average Bonchev–Trinajstić information content (AvgIpc) is 2.53. The number of aromatic nitrogens is 1. The van der Waals surface area contributed by atoms with Gasteiger partial charge in [-0.2, -0.15) is 13.2 Å². The first kappa shape index (κ1) is 11.5. The van der Waals surface area contributed by atoms with Crippen LogP contribution in [0.2, 0.25) is 0 Å². The van der Waals surface area contributed by atoms with Crippen molar-refractivity contribution in [2.45, 2.75) is 25.1 Å². The maximum absolute atomic E-state index is 12.1. The number of likely N-dealkylation sites (N-methyl/N-ethyl adjacent to an activating group) is 1. The lowest BCUT2D eigenvalue weighted by Gasteiger charge is -2.16. The Kier molecular flexibility index (Phi) is 3.88. The summed E-state index contributed by atoms with van der Waals surface area (Å²) in [6, 6.07) is -0.560. The monoisotopic (exact) mass is 224 g/mol. The third-order valence-corrected chi connectivity index (χ3v) is 2.62. The molecule has 0 saturated heterocycles. The van der Waals surface area contributed by atoms with Crippen LogP contribution in [0.3, 0.4) is 0 Å². The minimum absolute atomic E-state index is 0.376. The Bertz CT molecular complexity index is 258. The number of hydrogen-bond donors (Lipinski definition) is 1. The van der Waals surface area contributed by atoms with Crippen molar-refractivity contribution in [1.29, 1.82) is 0 Å². The molecule has 6 heteroatoms. The number of hydrogen-bond acceptors (Lipinski definition) is 3. The lowest BCUT2D eigenvalue weighted by atomic mass is 10.1. The quantitative estimate of drug-likeness (QED) is 0.848. The summed E-state index contributed by atoms with van der Waals surface area (Å²) in [5.74, 6) is 0. The van der Waals surface area contributed by atoms with E-state index >= 15 is 0 Å². The summed E-state index contributed by atoms with van der Waals surface area (Å²) in [6.07, 6.45) is -2.94. The van der Waals surface area contributed by atoms with Gasteiger partial charge in [-0.05, 0) is 13.5 Å². The molecule has 14 heavy (non-hydrogen) atoms. The summed E-state index contributed by atoms with van der Waals surface area (Å²) in [5.41, 5.74) is 1.62. The fourth-order valence-electron chi connectivity index (χ4n) is 1.14. The van der Waals surface area contributed by atoms with E-state index in [0.717, 1.165) is 4.88 Å². The standard InChI is InChI=1S/C8H11F3N2S/c1-12-6(3-8(9,10)11)2-7-4-13-5-14-7/h4-6,12H,2-3H2,1H3. The molecule has 1 heterocycles. The van der Waals surface area contributed by atoms with Gasteiger partial charge in [0.1, 0.15) is 0 Å². The van der Waals surface area contributed by atoms with Crippen LogP contribution in [0.15, 0.2) is 11.7 Å². The first-order valence-electron chi connectivity index (χ1n) is 4.12. The molecule has 0 aliphatic rings. The Morgan fingerprint density at radius 1 is 1.57 bits per heavy atom. The third-order valence-electron chi connectivity index (χ3n) is 1.82. The molecular weight excluding hydrogens is 213 g/mol. The largest absolute Gasteiger partial charge is 0.390 e. The van der Waals surface area contributed by atoms with Gasteiger partial charge < -0.3 is 5.32 Å². The van der Waals surface area contributed by atoms with E-state index in [0.29, 0.717) is 6.42 Å². The molecule has 1 aromatic rings. The van der Waals surface area contributed by atoms with Crippen molar-refractivity contribution < 1.29 is 13.2 Å². The van der Waals surface area contributed by atoms with E-state index in [4.69, 9.17) is 0 Å². The summed E-state index contributed by atoms with van der Waals surface area (Å²) in [6.45, 7) is 0. The number of alkyl halides is 3. The zero-order valence-corrected chi connectivity index (χ0v) is 8.45. The van der Waals surface area contributed by atoms with Gasteiger partial charge in [0.25, 0.3) is 0 Å². The molecule has 80 valence electrons. The van der Waals surface area contributed by atoms with Gasteiger partial charge in [-0.15, -0.1) is 11.3 Å². The number of rotatable bonds is 4. The van der Waals surface area contributed by atoms with Crippen LogP contribution in [0.1, 0.15) is 11.3 Å². The van der Waals surface area contributed by atoms with Crippen molar-refractivity contribution in [3.8, 4) is 0 Å². The first-order chi connectivity index (χ1) is 6.51. The Balaban J connectivity index is 2.47. The van der Waals surface area contributed by atoms with Gasteiger partial charge in [0.2, 0.25) is 0 Å². The van der Waals surface area contributed by atoms with Gasteiger partial charge in [-0.1, -0.05) is 0 Å². The maximum Gasteiger partial charge on any atom is 0.390 e. The Morgan fingerprint density at radius 3 is 2.71 bits per heavy atom. The van der Waals surface area contributed by atoms with Crippen molar-refractivity contribution in [3.05, 3.63) is 16.6 Å². The van der Waals surface area contributed by atoms with Crippen LogP contribution in [0.5, 0.6) is 0 Å². The highest BCUT2D eigenvalue weighted by atomic mass is 32.1. The lowest BCUT2D eigenvalue weighted by molar-refractivity contribution is -0.139. The van der Waals surface area contributed by atoms with Crippen LogP contribution in [-0.4, -0.2) is 24.2 Å². The van der Waals surface area contributed by atoms with Gasteiger partial charge in [0.15, 0.2) is 0 Å². The number of halogens is 3. The summed E-state index contributed by atoms with van der Waals surface area (Å²) < 4.78 is 36.2. The molecule has 1 aromatic heterocycles. The second-order valence-corrected chi connectivity index (χ2v) is 3.95. The maximum atomic E-state index is 12.1. The van der Waals surface area contributed by atoms with Crippen molar-refractivity contribution in [2.75, 3.05) is 7.05 Å². The van der Waals surface area contributed by atoms with Gasteiger partial charge in [-0.3, -0.25) is 4.98 Å². The zero-order chi connectivity index (χ0) is 10.6. The van der Waals surface area contributed by atoms with E-state index in [-0.39, 0.29) is 0 Å². The van der Waals surface area contributed by atoms with Crippen LogP contribution in [0.4, 0.5) is 13.2 Å². The SMILES string of the molecule is CNC(Cc1cncs1)CC(F)(F)F.